The predicted octanol–water partition coefficient (Wildman–Crippen LogP) is 4.18. The van der Waals surface area contributed by atoms with Gasteiger partial charge in [-0.1, -0.05) is 22.0 Å². The van der Waals surface area contributed by atoms with Crippen molar-refractivity contribution in [2.45, 2.75) is 0 Å². The fourth-order valence-corrected chi connectivity index (χ4v) is 2.73. The second-order valence-corrected chi connectivity index (χ2v) is 6.14. The number of pyridine rings is 1. The Morgan fingerprint density at radius 1 is 1.04 bits per heavy atom. The number of tetrazole rings is 1. The minimum absolute atomic E-state index is 0.332. The molecule has 9 heteroatoms. The highest BCUT2D eigenvalue weighted by molar-refractivity contribution is 9.10. The van der Waals surface area contributed by atoms with Crippen molar-refractivity contribution in [2.75, 3.05) is 5.73 Å². The van der Waals surface area contributed by atoms with Crippen molar-refractivity contribution in [3.63, 3.8) is 0 Å². The number of halogens is 1. The van der Waals surface area contributed by atoms with Gasteiger partial charge in [-0.3, -0.25) is 0 Å². The van der Waals surface area contributed by atoms with Crippen LogP contribution in [0.4, 0.5) is 17.2 Å². The molecule has 0 aliphatic carbocycles. The largest absolute Gasteiger partial charge is 0.382 e. The van der Waals surface area contributed by atoms with Crippen molar-refractivity contribution in [3.05, 3.63) is 53.1 Å². The molecule has 0 unspecified atom stereocenters. The maximum Gasteiger partial charge on any atom is 0.179 e. The van der Waals surface area contributed by atoms with Crippen LogP contribution in [0, 0.1) is 0 Å². The van der Waals surface area contributed by atoms with Crippen molar-refractivity contribution in [1.82, 2.24) is 25.6 Å². The van der Waals surface area contributed by atoms with Crippen LogP contribution in [0.3, 0.4) is 0 Å². The van der Waals surface area contributed by atoms with E-state index in [2.05, 4.69) is 51.8 Å². The van der Waals surface area contributed by atoms with Gasteiger partial charge in [-0.05, 0) is 46.8 Å². The Balaban J connectivity index is 1.69. The molecule has 0 amide bonds. The maximum atomic E-state index is 5.98. The Morgan fingerprint density at radius 3 is 2.64 bits per heavy atom. The van der Waals surface area contributed by atoms with Gasteiger partial charge in [0, 0.05) is 27.0 Å². The Morgan fingerprint density at radius 2 is 1.88 bits per heavy atom. The first-order chi connectivity index (χ1) is 12.2. The number of anilines is 1. The SMILES string of the molecule is Nc1ncc2ccc(Br)cc2c1/N=N/c1ccc(-c2nnn[nH]2)cc1. The highest BCUT2D eigenvalue weighted by Crippen LogP contribution is 2.33. The molecule has 0 saturated carbocycles. The summed E-state index contributed by atoms with van der Waals surface area (Å²) in [5.74, 6) is 0.926. The molecule has 25 heavy (non-hydrogen) atoms. The molecule has 0 spiro atoms. The highest BCUT2D eigenvalue weighted by atomic mass is 79.9. The van der Waals surface area contributed by atoms with Crippen molar-refractivity contribution in [1.29, 1.82) is 0 Å². The van der Waals surface area contributed by atoms with Crippen LogP contribution >= 0.6 is 15.9 Å². The van der Waals surface area contributed by atoms with Gasteiger partial charge in [0.25, 0.3) is 0 Å². The molecule has 2 heterocycles. The molecule has 122 valence electrons. The van der Waals surface area contributed by atoms with E-state index in [1.54, 1.807) is 6.20 Å². The fourth-order valence-electron chi connectivity index (χ4n) is 2.36. The topological polar surface area (TPSA) is 118 Å². The molecule has 0 bridgehead atoms. The van der Waals surface area contributed by atoms with Crippen molar-refractivity contribution >= 4 is 43.9 Å². The maximum absolute atomic E-state index is 5.98. The average Bonchev–Trinajstić information content (AvgIpc) is 3.16. The summed E-state index contributed by atoms with van der Waals surface area (Å²) >= 11 is 3.46. The molecule has 8 nitrogen and oxygen atoms in total. The summed E-state index contributed by atoms with van der Waals surface area (Å²) in [6.45, 7) is 0. The molecule has 0 atom stereocenters. The van der Waals surface area contributed by atoms with Gasteiger partial charge in [0.1, 0.15) is 5.69 Å². The number of rotatable bonds is 3. The fraction of sp³-hybridized carbons (Fsp3) is 0. The number of H-pyrrole nitrogens is 1. The number of nitrogen functional groups attached to an aromatic ring is 1. The Bertz CT molecular complexity index is 1050. The standard InChI is InChI=1S/C16H11BrN8/c17-11-4-1-10-8-19-15(18)14(13(10)7-11)21-20-12-5-2-9(3-6-12)16-22-24-25-23-16/h1-8H,(H2,18,19)(H,22,23,24,25)/b21-20+. The van der Waals surface area contributed by atoms with Crippen LogP contribution in [-0.2, 0) is 0 Å². The summed E-state index contributed by atoms with van der Waals surface area (Å²) in [5, 5.41) is 24.1. The van der Waals surface area contributed by atoms with E-state index in [9.17, 15) is 0 Å². The van der Waals surface area contributed by atoms with E-state index in [1.165, 1.54) is 0 Å². The number of aromatic amines is 1. The van der Waals surface area contributed by atoms with E-state index in [-0.39, 0.29) is 0 Å². The number of azo groups is 1. The van der Waals surface area contributed by atoms with Gasteiger partial charge in [0.2, 0.25) is 0 Å². The Kier molecular flexibility index (Phi) is 3.90. The van der Waals surface area contributed by atoms with Crippen LogP contribution < -0.4 is 5.73 Å². The summed E-state index contributed by atoms with van der Waals surface area (Å²) in [5.41, 5.74) is 8.07. The van der Waals surface area contributed by atoms with Gasteiger partial charge in [-0.15, -0.1) is 10.2 Å². The summed E-state index contributed by atoms with van der Waals surface area (Å²) in [6, 6.07) is 13.2. The molecule has 0 fully saturated rings. The second kappa shape index (κ2) is 6.36. The number of benzene rings is 2. The molecule has 2 aromatic carbocycles. The van der Waals surface area contributed by atoms with Gasteiger partial charge in [0.05, 0.1) is 5.69 Å². The molecule has 3 N–H and O–H groups in total. The molecule has 0 aliphatic rings. The monoisotopic (exact) mass is 394 g/mol. The number of aromatic nitrogens is 5. The molecule has 0 saturated heterocycles. The molecule has 4 rings (SSSR count). The summed E-state index contributed by atoms with van der Waals surface area (Å²) in [4.78, 5) is 4.18. The van der Waals surface area contributed by atoms with Gasteiger partial charge in [-0.2, -0.15) is 5.11 Å². The molecular weight excluding hydrogens is 384 g/mol. The van der Waals surface area contributed by atoms with Gasteiger partial charge in [0.15, 0.2) is 11.6 Å². The first-order valence-corrected chi connectivity index (χ1v) is 8.09. The molecule has 2 aromatic heterocycles. The Hall–Kier alpha value is -3.20. The van der Waals surface area contributed by atoms with E-state index in [4.69, 9.17) is 5.73 Å². The zero-order valence-electron chi connectivity index (χ0n) is 12.8. The first kappa shape index (κ1) is 15.3. The zero-order chi connectivity index (χ0) is 17.2. The third-order valence-corrected chi connectivity index (χ3v) is 4.10. The minimum atomic E-state index is 0.332. The number of nitrogens with one attached hydrogen (secondary N) is 1. The lowest BCUT2D eigenvalue weighted by atomic mass is 10.1. The minimum Gasteiger partial charge on any atom is -0.382 e. The lowest BCUT2D eigenvalue weighted by molar-refractivity contribution is 0.881. The average molecular weight is 395 g/mol. The number of fused-ring (bicyclic) bond motifs is 1. The van der Waals surface area contributed by atoms with Crippen LogP contribution in [0.2, 0.25) is 0 Å². The smallest absolute Gasteiger partial charge is 0.179 e. The summed E-state index contributed by atoms with van der Waals surface area (Å²) in [6.07, 6.45) is 1.72. The predicted molar refractivity (Wildman–Crippen MR) is 97.6 cm³/mol. The number of nitrogens with zero attached hydrogens (tertiary/aromatic N) is 6. The van der Waals surface area contributed by atoms with E-state index in [0.717, 1.165) is 20.8 Å². The quantitative estimate of drug-likeness (QED) is 0.505. The van der Waals surface area contributed by atoms with Crippen molar-refractivity contribution in [2.24, 2.45) is 10.2 Å². The van der Waals surface area contributed by atoms with E-state index < -0.39 is 0 Å². The van der Waals surface area contributed by atoms with Crippen LogP contribution in [0.5, 0.6) is 0 Å². The van der Waals surface area contributed by atoms with Crippen LogP contribution in [0.1, 0.15) is 0 Å². The molecular formula is C16H11BrN8. The van der Waals surface area contributed by atoms with Gasteiger partial charge < -0.3 is 5.73 Å². The van der Waals surface area contributed by atoms with Gasteiger partial charge in [-0.25, -0.2) is 10.1 Å². The third-order valence-electron chi connectivity index (χ3n) is 3.61. The van der Waals surface area contributed by atoms with E-state index in [1.807, 2.05) is 42.5 Å². The van der Waals surface area contributed by atoms with Crippen molar-refractivity contribution in [3.8, 4) is 11.4 Å². The molecule has 0 radical (unpaired) electrons. The highest BCUT2D eigenvalue weighted by Gasteiger charge is 2.07. The zero-order valence-corrected chi connectivity index (χ0v) is 14.3. The lowest BCUT2D eigenvalue weighted by Crippen LogP contribution is -1.90. The number of hydrogen-bond donors (Lipinski definition) is 2. The van der Waals surface area contributed by atoms with E-state index >= 15 is 0 Å². The second-order valence-electron chi connectivity index (χ2n) is 5.22. The van der Waals surface area contributed by atoms with Crippen molar-refractivity contribution < 1.29 is 0 Å². The Labute approximate surface area is 150 Å². The molecule has 0 aliphatic heterocycles. The normalized spacial score (nSPS) is 11.4. The van der Waals surface area contributed by atoms with Crippen LogP contribution in [-0.4, -0.2) is 25.6 Å². The molecule has 4 aromatic rings. The number of nitrogens with two attached hydrogens (primary N) is 1. The first-order valence-electron chi connectivity index (χ1n) is 7.30. The van der Waals surface area contributed by atoms with E-state index in [0.29, 0.717) is 23.0 Å². The number of hydrogen-bond acceptors (Lipinski definition) is 7. The summed E-state index contributed by atoms with van der Waals surface area (Å²) < 4.78 is 0.937. The third kappa shape index (κ3) is 3.09. The van der Waals surface area contributed by atoms with Crippen LogP contribution in [0.15, 0.2) is 63.4 Å². The summed E-state index contributed by atoms with van der Waals surface area (Å²) in [7, 11) is 0. The van der Waals surface area contributed by atoms with Gasteiger partial charge >= 0.3 is 0 Å². The lowest BCUT2D eigenvalue weighted by Gasteiger charge is -2.04. The van der Waals surface area contributed by atoms with Crippen LogP contribution in [0.25, 0.3) is 22.2 Å².